The third-order valence-electron chi connectivity index (χ3n) is 13.4. The monoisotopic (exact) mass is 743 g/mol. The topological polar surface area (TPSA) is 16.4 Å². The minimum absolute atomic E-state index is 0.101. The second kappa shape index (κ2) is 11.8. The maximum atomic E-state index is 6.99. The summed E-state index contributed by atoms with van der Waals surface area (Å²) >= 11 is 0. The van der Waals surface area contributed by atoms with E-state index in [9.17, 15) is 0 Å². The first kappa shape index (κ1) is 33.3. The van der Waals surface area contributed by atoms with E-state index in [2.05, 4.69) is 209 Å². The Hall–Kier alpha value is -6.90. The molecule has 0 N–H and O–H groups in total. The lowest BCUT2D eigenvalue weighted by Crippen LogP contribution is -2.16. The van der Waals surface area contributed by atoms with Gasteiger partial charge in [-0.2, -0.15) is 0 Å². The highest BCUT2D eigenvalue weighted by Gasteiger charge is 2.37. The largest absolute Gasteiger partial charge is 0.455 e. The molecule has 0 amide bonds. The predicted molar refractivity (Wildman–Crippen MR) is 244 cm³/mol. The average Bonchev–Trinajstić information content (AvgIpc) is 3.81. The van der Waals surface area contributed by atoms with Gasteiger partial charge in [0.15, 0.2) is 0 Å². The highest BCUT2D eigenvalue weighted by atomic mass is 16.3. The van der Waals surface area contributed by atoms with Crippen molar-refractivity contribution in [3.63, 3.8) is 0 Å². The van der Waals surface area contributed by atoms with Crippen LogP contribution in [0.2, 0.25) is 0 Å². The molecule has 2 aliphatic rings. The van der Waals surface area contributed by atoms with Crippen LogP contribution in [0.15, 0.2) is 180 Å². The van der Waals surface area contributed by atoms with E-state index in [1.54, 1.807) is 0 Å². The normalized spacial score (nSPS) is 14.5. The molecular formula is C56H41NO. The first-order chi connectivity index (χ1) is 28.3. The minimum atomic E-state index is -0.116. The summed E-state index contributed by atoms with van der Waals surface area (Å²) in [6.45, 7) is 9.42. The fraction of sp³-hybridized carbons (Fsp3) is 0.107. The molecule has 0 bridgehead atoms. The fourth-order valence-corrected chi connectivity index (χ4v) is 10.4. The molecule has 0 atom stereocenters. The minimum Gasteiger partial charge on any atom is -0.455 e. The van der Waals surface area contributed by atoms with E-state index in [0.717, 1.165) is 44.6 Å². The van der Waals surface area contributed by atoms with E-state index in [1.807, 2.05) is 0 Å². The van der Waals surface area contributed by atoms with Gasteiger partial charge in [-0.1, -0.05) is 149 Å². The molecule has 2 aliphatic carbocycles. The summed E-state index contributed by atoms with van der Waals surface area (Å²) in [6.07, 6.45) is 0. The quantitative estimate of drug-likeness (QED) is 0.178. The van der Waals surface area contributed by atoms with Crippen molar-refractivity contribution in [2.24, 2.45) is 0 Å². The molecule has 0 fully saturated rings. The molecule has 0 unspecified atom stereocenters. The van der Waals surface area contributed by atoms with E-state index < -0.39 is 0 Å². The van der Waals surface area contributed by atoms with Gasteiger partial charge in [0.25, 0.3) is 0 Å². The van der Waals surface area contributed by atoms with Gasteiger partial charge in [-0.25, -0.2) is 0 Å². The van der Waals surface area contributed by atoms with Gasteiger partial charge in [0, 0.05) is 44.2 Å². The summed E-state index contributed by atoms with van der Waals surface area (Å²) in [4.78, 5) is 2.42. The first-order valence-electron chi connectivity index (χ1n) is 20.4. The van der Waals surface area contributed by atoms with E-state index >= 15 is 0 Å². The van der Waals surface area contributed by atoms with E-state index in [1.165, 1.54) is 71.6 Å². The van der Waals surface area contributed by atoms with E-state index in [0.29, 0.717) is 0 Å². The SMILES string of the molecule is CC1(C)c2ccccc2-c2ccc(-c3c4ccccc4cc4c3oc3ccc(N(c5ccc6c(c5)C(C)(C)c5ccccc5-6)c5ccc6ccccc6c5)cc34)cc21. The molecule has 1 heterocycles. The average molecular weight is 744 g/mol. The zero-order valence-electron chi connectivity index (χ0n) is 33.1. The number of furan rings is 1. The zero-order chi connectivity index (χ0) is 38.9. The van der Waals surface area contributed by atoms with Gasteiger partial charge in [0.05, 0.1) is 0 Å². The van der Waals surface area contributed by atoms with Crippen molar-refractivity contribution in [3.05, 3.63) is 198 Å². The molecule has 0 saturated carbocycles. The highest BCUT2D eigenvalue weighted by Crippen LogP contribution is 2.53. The molecule has 9 aromatic carbocycles. The lowest BCUT2D eigenvalue weighted by molar-refractivity contribution is 0.660. The molecule has 0 radical (unpaired) electrons. The number of benzene rings is 9. The predicted octanol–water partition coefficient (Wildman–Crippen LogP) is 15.6. The number of nitrogens with zero attached hydrogens (tertiary/aromatic N) is 1. The Morgan fingerprint density at radius 3 is 1.69 bits per heavy atom. The number of hydrogen-bond donors (Lipinski definition) is 0. The summed E-state index contributed by atoms with van der Waals surface area (Å²) in [5.41, 5.74) is 18.0. The number of rotatable bonds is 4. The Balaban J connectivity index is 1.07. The van der Waals surface area contributed by atoms with Crippen molar-refractivity contribution in [2.45, 2.75) is 38.5 Å². The summed E-state index contributed by atoms with van der Waals surface area (Å²) < 4.78 is 6.99. The van der Waals surface area contributed by atoms with Gasteiger partial charge in [-0.3, -0.25) is 0 Å². The Morgan fingerprint density at radius 2 is 0.931 bits per heavy atom. The van der Waals surface area contributed by atoms with Gasteiger partial charge in [0.2, 0.25) is 0 Å². The van der Waals surface area contributed by atoms with Gasteiger partial charge in [0.1, 0.15) is 11.2 Å². The van der Waals surface area contributed by atoms with Crippen molar-refractivity contribution in [1.29, 1.82) is 0 Å². The standard InChI is InChI=1S/C56H41NO/c1-55(2)48-19-11-9-17-42(48)44-26-22-37(31-50(44)55)53-41-16-8-7-15-36(41)30-47-46-32-39(25-28-52(46)58-54(47)53)57(38-23-21-34-13-5-6-14-35(34)29-38)40-24-27-45-43-18-10-12-20-49(43)56(3,4)51(45)33-40/h5-33H,1-4H3. The molecule has 10 aromatic rings. The van der Waals surface area contributed by atoms with Crippen molar-refractivity contribution in [1.82, 2.24) is 0 Å². The summed E-state index contributed by atoms with van der Waals surface area (Å²) in [5, 5.41) is 7.07. The summed E-state index contributed by atoms with van der Waals surface area (Å²) in [7, 11) is 0. The van der Waals surface area contributed by atoms with E-state index in [-0.39, 0.29) is 10.8 Å². The van der Waals surface area contributed by atoms with Crippen LogP contribution in [-0.4, -0.2) is 0 Å². The van der Waals surface area contributed by atoms with Crippen LogP contribution in [0.4, 0.5) is 17.1 Å². The van der Waals surface area contributed by atoms with Gasteiger partial charge < -0.3 is 9.32 Å². The second-order valence-corrected chi connectivity index (χ2v) is 17.3. The molecule has 276 valence electrons. The maximum Gasteiger partial charge on any atom is 0.143 e. The Kier molecular flexibility index (Phi) is 6.78. The Labute approximate surface area is 338 Å². The van der Waals surface area contributed by atoms with Crippen molar-refractivity contribution in [2.75, 3.05) is 4.90 Å². The third kappa shape index (κ3) is 4.60. The van der Waals surface area contributed by atoms with Crippen LogP contribution >= 0.6 is 0 Å². The van der Waals surface area contributed by atoms with Crippen LogP contribution in [0.1, 0.15) is 49.9 Å². The molecule has 1 aromatic heterocycles. The van der Waals surface area contributed by atoms with Crippen LogP contribution < -0.4 is 4.90 Å². The second-order valence-electron chi connectivity index (χ2n) is 17.3. The fourth-order valence-electron chi connectivity index (χ4n) is 10.4. The molecule has 0 spiro atoms. The van der Waals surface area contributed by atoms with Crippen molar-refractivity contribution in [3.8, 4) is 33.4 Å². The number of hydrogen-bond acceptors (Lipinski definition) is 2. The Bertz CT molecular complexity index is 3360. The molecule has 12 rings (SSSR count). The summed E-state index contributed by atoms with van der Waals surface area (Å²) in [5.74, 6) is 0. The smallest absolute Gasteiger partial charge is 0.143 e. The van der Waals surface area contributed by atoms with Crippen LogP contribution in [0, 0.1) is 0 Å². The van der Waals surface area contributed by atoms with Crippen molar-refractivity contribution < 1.29 is 4.42 Å². The molecule has 2 heteroatoms. The summed E-state index contributed by atoms with van der Waals surface area (Å²) in [6, 6.07) is 65.1. The van der Waals surface area contributed by atoms with Crippen LogP contribution in [0.5, 0.6) is 0 Å². The first-order valence-corrected chi connectivity index (χ1v) is 20.4. The highest BCUT2D eigenvalue weighted by molar-refractivity contribution is 6.19. The lowest BCUT2D eigenvalue weighted by atomic mass is 9.81. The zero-order valence-corrected chi connectivity index (χ0v) is 33.1. The number of fused-ring (bicyclic) bond motifs is 11. The van der Waals surface area contributed by atoms with E-state index in [4.69, 9.17) is 4.42 Å². The Morgan fingerprint density at radius 1 is 0.379 bits per heavy atom. The van der Waals surface area contributed by atoms with Crippen LogP contribution in [0.3, 0.4) is 0 Å². The van der Waals surface area contributed by atoms with Gasteiger partial charge in [-0.15, -0.1) is 0 Å². The lowest BCUT2D eigenvalue weighted by Gasteiger charge is -2.28. The van der Waals surface area contributed by atoms with Gasteiger partial charge >= 0.3 is 0 Å². The third-order valence-corrected chi connectivity index (χ3v) is 13.4. The van der Waals surface area contributed by atoms with Crippen LogP contribution in [-0.2, 0) is 10.8 Å². The molecule has 58 heavy (non-hydrogen) atoms. The van der Waals surface area contributed by atoms with Crippen molar-refractivity contribution >= 4 is 60.5 Å². The molecule has 2 nitrogen and oxygen atoms in total. The number of anilines is 3. The van der Waals surface area contributed by atoms with Gasteiger partial charge in [-0.05, 0) is 126 Å². The molecule has 0 saturated heterocycles. The van der Waals surface area contributed by atoms with Crippen LogP contribution in [0.25, 0.3) is 76.9 Å². The maximum absolute atomic E-state index is 6.99. The molecule has 0 aliphatic heterocycles. The molecular weight excluding hydrogens is 703 g/mol.